The van der Waals surface area contributed by atoms with Gasteiger partial charge in [-0.1, -0.05) is 19.1 Å². The Morgan fingerprint density at radius 2 is 2.07 bits per heavy atom. The number of quaternary nitrogens is 1. The molecule has 3 aromatic rings. The van der Waals surface area contributed by atoms with Gasteiger partial charge in [-0.3, -0.25) is 0 Å². The smallest absolute Gasteiger partial charge is 0.232 e. The summed E-state index contributed by atoms with van der Waals surface area (Å²) in [4.78, 5) is 13.4. The van der Waals surface area contributed by atoms with Crippen LogP contribution in [0.1, 0.15) is 29.6 Å². The molecule has 0 radical (unpaired) electrons. The van der Waals surface area contributed by atoms with Crippen LogP contribution in [0.25, 0.3) is 10.2 Å². The molecular weight excluding hydrogens is 389 g/mol. The van der Waals surface area contributed by atoms with E-state index in [0.29, 0.717) is 11.8 Å². The highest BCUT2D eigenvalue weighted by Gasteiger charge is 2.26. The summed E-state index contributed by atoms with van der Waals surface area (Å²) in [5, 5.41) is 0.973. The molecule has 0 saturated carbocycles. The summed E-state index contributed by atoms with van der Waals surface area (Å²) in [5.74, 6) is 1.76. The van der Waals surface area contributed by atoms with Gasteiger partial charge in [-0.15, -0.1) is 11.3 Å². The number of benzene rings is 1. The van der Waals surface area contributed by atoms with Crippen molar-refractivity contribution in [2.45, 2.75) is 32.7 Å². The zero-order valence-corrected chi connectivity index (χ0v) is 17.4. The summed E-state index contributed by atoms with van der Waals surface area (Å²) in [5.41, 5.74) is 1.29. The van der Waals surface area contributed by atoms with E-state index in [1.54, 1.807) is 29.5 Å². The lowest BCUT2D eigenvalue weighted by atomic mass is 9.89. The second-order valence-corrected chi connectivity index (χ2v) is 9.13. The molecule has 3 heterocycles. The van der Waals surface area contributed by atoms with Crippen molar-refractivity contribution in [1.29, 1.82) is 0 Å². The summed E-state index contributed by atoms with van der Waals surface area (Å²) >= 11 is 1.75. The summed E-state index contributed by atoms with van der Waals surface area (Å²) in [6, 6.07) is 6.51. The minimum absolute atomic E-state index is 0.210. The first-order chi connectivity index (χ1) is 14.2. The fraction of sp³-hybridized carbons (Fsp3) is 0.455. The number of aryl methyl sites for hydroxylation is 1. The van der Waals surface area contributed by atoms with Crippen LogP contribution in [0, 0.1) is 11.7 Å². The molecular formula is C22H25FN3O2S+. The van der Waals surface area contributed by atoms with Crippen LogP contribution >= 0.6 is 11.3 Å². The number of para-hydroxylation sites is 1. The van der Waals surface area contributed by atoms with Crippen molar-refractivity contribution < 1.29 is 18.8 Å². The Kier molecular flexibility index (Phi) is 5.20. The maximum absolute atomic E-state index is 14.3. The Hall–Kier alpha value is -2.09. The number of rotatable bonds is 4. The molecule has 1 aliphatic heterocycles. The van der Waals surface area contributed by atoms with Gasteiger partial charge >= 0.3 is 0 Å². The standard InChI is InChI=1S/C22H24FN3O2S/c1-14-6-7-15-18(12-14)29-22-20(15)21(28-17-5-3-2-4-16(17)23)24-19(25-22)13-26-8-10-27-11-9-26/h2-5,14H,6-13H2,1H3/p+1/t14-/m0/s1. The van der Waals surface area contributed by atoms with Gasteiger partial charge in [0, 0.05) is 4.88 Å². The summed E-state index contributed by atoms with van der Waals surface area (Å²) in [6.07, 6.45) is 3.22. The maximum atomic E-state index is 14.3. The second-order valence-electron chi connectivity index (χ2n) is 8.05. The van der Waals surface area contributed by atoms with Gasteiger partial charge in [0.15, 0.2) is 17.4 Å². The first-order valence-electron chi connectivity index (χ1n) is 10.3. The number of aromatic nitrogens is 2. The zero-order chi connectivity index (χ0) is 19.8. The monoisotopic (exact) mass is 414 g/mol. The van der Waals surface area contributed by atoms with Gasteiger partial charge in [-0.05, 0) is 42.9 Å². The van der Waals surface area contributed by atoms with Gasteiger partial charge in [0.05, 0.1) is 18.6 Å². The first kappa shape index (κ1) is 18.9. The third-order valence-corrected chi connectivity index (χ3v) is 6.97. The normalized spacial score (nSPS) is 20.0. The lowest BCUT2D eigenvalue weighted by Crippen LogP contribution is -3.12. The van der Waals surface area contributed by atoms with Crippen molar-refractivity contribution in [2.75, 3.05) is 26.3 Å². The molecule has 0 bridgehead atoms. The van der Waals surface area contributed by atoms with Crippen LogP contribution in [0.15, 0.2) is 24.3 Å². The summed E-state index contributed by atoms with van der Waals surface area (Å²) < 4.78 is 25.8. The topological polar surface area (TPSA) is 48.7 Å². The Labute approximate surface area is 173 Å². The minimum atomic E-state index is -0.377. The number of ether oxygens (including phenoxy) is 2. The zero-order valence-electron chi connectivity index (χ0n) is 16.5. The quantitative estimate of drug-likeness (QED) is 0.713. The van der Waals surface area contributed by atoms with Crippen molar-refractivity contribution in [2.24, 2.45) is 5.92 Å². The Morgan fingerprint density at radius 1 is 1.24 bits per heavy atom. The van der Waals surface area contributed by atoms with Crippen LogP contribution in [0.3, 0.4) is 0 Å². The minimum Gasteiger partial charge on any atom is -0.435 e. The highest BCUT2D eigenvalue weighted by molar-refractivity contribution is 7.18. The highest BCUT2D eigenvalue weighted by Crippen LogP contribution is 2.42. The van der Waals surface area contributed by atoms with Crippen LogP contribution in [-0.2, 0) is 24.1 Å². The molecule has 29 heavy (non-hydrogen) atoms. The van der Waals surface area contributed by atoms with E-state index in [1.165, 1.54) is 21.4 Å². The predicted octanol–water partition coefficient (Wildman–Crippen LogP) is 3.16. The molecule has 1 aromatic carbocycles. The maximum Gasteiger partial charge on any atom is 0.232 e. The Bertz CT molecular complexity index is 1030. The van der Waals surface area contributed by atoms with Crippen molar-refractivity contribution in [3.63, 3.8) is 0 Å². The number of hydrogen-bond donors (Lipinski definition) is 1. The predicted molar refractivity (Wildman–Crippen MR) is 110 cm³/mol. The molecule has 1 atom stereocenters. The number of halogens is 1. The second kappa shape index (κ2) is 7.97. The molecule has 1 fully saturated rings. The molecule has 0 unspecified atom stereocenters. The summed E-state index contributed by atoms with van der Waals surface area (Å²) in [7, 11) is 0. The van der Waals surface area contributed by atoms with Gasteiger partial charge < -0.3 is 14.4 Å². The van der Waals surface area contributed by atoms with Crippen LogP contribution < -0.4 is 9.64 Å². The molecule has 0 spiro atoms. The number of thiophene rings is 1. The molecule has 1 saturated heterocycles. The van der Waals surface area contributed by atoms with E-state index >= 15 is 0 Å². The van der Waals surface area contributed by atoms with Crippen LogP contribution in [0.4, 0.5) is 4.39 Å². The average molecular weight is 415 g/mol. The van der Waals surface area contributed by atoms with Crippen LogP contribution in [0.5, 0.6) is 11.6 Å². The van der Waals surface area contributed by atoms with E-state index in [0.717, 1.165) is 68.2 Å². The molecule has 152 valence electrons. The lowest BCUT2D eigenvalue weighted by molar-refractivity contribution is -0.922. The molecule has 5 nitrogen and oxygen atoms in total. The first-order valence-corrected chi connectivity index (χ1v) is 11.1. The molecule has 1 N–H and O–H groups in total. The van der Waals surface area contributed by atoms with E-state index in [4.69, 9.17) is 19.4 Å². The van der Waals surface area contributed by atoms with Gasteiger partial charge in [0.25, 0.3) is 0 Å². The molecule has 2 aliphatic rings. The molecule has 2 aromatic heterocycles. The third kappa shape index (κ3) is 3.86. The van der Waals surface area contributed by atoms with E-state index in [1.807, 2.05) is 0 Å². The van der Waals surface area contributed by atoms with Crippen molar-refractivity contribution in [1.82, 2.24) is 9.97 Å². The van der Waals surface area contributed by atoms with E-state index in [9.17, 15) is 4.39 Å². The number of hydrogen-bond acceptors (Lipinski definition) is 5. The largest absolute Gasteiger partial charge is 0.435 e. The molecule has 5 rings (SSSR count). The molecule has 7 heteroatoms. The van der Waals surface area contributed by atoms with Crippen molar-refractivity contribution in [3.05, 3.63) is 46.3 Å². The Balaban J connectivity index is 1.58. The number of fused-ring (bicyclic) bond motifs is 3. The highest BCUT2D eigenvalue weighted by atomic mass is 32.1. The fourth-order valence-electron chi connectivity index (χ4n) is 4.20. The van der Waals surface area contributed by atoms with Gasteiger partial charge in [-0.25, -0.2) is 9.37 Å². The molecule has 0 amide bonds. The van der Waals surface area contributed by atoms with Gasteiger partial charge in [0.1, 0.15) is 24.5 Å². The Morgan fingerprint density at radius 3 is 2.90 bits per heavy atom. The molecule has 1 aliphatic carbocycles. The van der Waals surface area contributed by atoms with Crippen molar-refractivity contribution >= 4 is 21.6 Å². The van der Waals surface area contributed by atoms with Crippen LogP contribution in [-0.4, -0.2) is 36.3 Å². The van der Waals surface area contributed by atoms with Crippen LogP contribution in [0.2, 0.25) is 0 Å². The lowest BCUT2D eigenvalue weighted by Gasteiger charge is -2.23. The van der Waals surface area contributed by atoms with Gasteiger partial charge in [-0.2, -0.15) is 4.98 Å². The fourth-order valence-corrected chi connectivity index (χ4v) is 5.59. The number of morpholine rings is 1. The van der Waals surface area contributed by atoms with E-state index in [-0.39, 0.29) is 11.6 Å². The SMILES string of the molecule is C[C@H]1CCc2c(sc3nc(C[NH+]4CCOCC4)nc(Oc4ccccc4F)c23)C1. The van der Waals surface area contributed by atoms with E-state index in [2.05, 4.69) is 6.92 Å². The number of nitrogens with zero attached hydrogens (tertiary/aromatic N) is 2. The van der Waals surface area contributed by atoms with Gasteiger partial charge in [0.2, 0.25) is 5.88 Å². The summed E-state index contributed by atoms with van der Waals surface area (Å²) in [6.45, 7) is 6.45. The third-order valence-electron chi connectivity index (χ3n) is 5.82. The van der Waals surface area contributed by atoms with Crippen molar-refractivity contribution in [3.8, 4) is 11.6 Å². The van der Waals surface area contributed by atoms with E-state index < -0.39 is 0 Å². The average Bonchev–Trinajstić information content (AvgIpc) is 3.08. The number of nitrogens with one attached hydrogen (secondary N) is 1.